The number of fused-ring (bicyclic) bond motifs is 1. The summed E-state index contributed by atoms with van der Waals surface area (Å²) >= 11 is 5.85. The lowest BCUT2D eigenvalue weighted by Gasteiger charge is -2.38. The SMILES string of the molecule is O=C(CC(O)c1ccc(Cl)cc1)N1CCCC2CCCC21. The van der Waals surface area contributed by atoms with E-state index in [0.717, 1.165) is 24.9 Å². The molecule has 1 aliphatic heterocycles. The molecule has 3 unspecified atom stereocenters. The van der Waals surface area contributed by atoms with Crippen LogP contribution >= 0.6 is 11.6 Å². The van der Waals surface area contributed by atoms with Gasteiger partial charge in [0.1, 0.15) is 0 Å². The van der Waals surface area contributed by atoms with Crippen LogP contribution in [0.25, 0.3) is 0 Å². The highest BCUT2D eigenvalue weighted by Gasteiger charge is 2.37. The zero-order valence-electron chi connectivity index (χ0n) is 12.2. The van der Waals surface area contributed by atoms with E-state index in [0.29, 0.717) is 17.0 Å². The Morgan fingerprint density at radius 2 is 1.95 bits per heavy atom. The number of amides is 1. The Bertz CT molecular complexity index is 502. The van der Waals surface area contributed by atoms with Crippen molar-refractivity contribution in [3.63, 3.8) is 0 Å². The first-order valence-electron chi connectivity index (χ1n) is 7.88. The molecule has 1 aliphatic carbocycles. The molecule has 3 atom stereocenters. The second-order valence-electron chi connectivity index (χ2n) is 6.26. The van der Waals surface area contributed by atoms with Crippen LogP contribution in [0.3, 0.4) is 0 Å². The number of benzene rings is 1. The van der Waals surface area contributed by atoms with Crippen LogP contribution in [0, 0.1) is 5.92 Å². The first-order chi connectivity index (χ1) is 10.1. The highest BCUT2D eigenvalue weighted by Crippen LogP contribution is 2.37. The molecule has 0 spiro atoms. The summed E-state index contributed by atoms with van der Waals surface area (Å²) < 4.78 is 0. The molecule has 1 aromatic carbocycles. The van der Waals surface area contributed by atoms with Gasteiger partial charge in [-0.3, -0.25) is 4.79 Å². The summed E-state index contributed by atoms with van der Waals surface area (Å²) in [6, 6.07) is 7.49. The number of carbonyl (C=O) groups excluding carboxylic acids is 1. The van der Waals surface area contributed by atoms with Crippen LogP contribution in [0.4, 0.5) is 0 Å². The number of halogens is 1. The third-order valence-corrected chi connectivity index (χ3v) is 5.19. The Kier molecular flexibility index (Phi) is 4.51. The fraction of sp³-hybridized carbons (Fsp3) is 0.588. The lowest BCUT2D eigenvalue weighted by molar-refractivity contribution is -0.138. The van der Waals surface area contributed by atoms with Crippen LogP contribution in [0.1, 0.15) is 50.2 Å². The number of hydrogen-bond donors (Lipinski definition) is 1. The maximum atomic E-state index is 12.5. The molecular formula is C17H22ClNO2. The topological polar surface area (TPSA) is 40.5 Å². The van der Waals surface area contributed by atoms with Gasteiger partial charge >= 0.3 is 0 Å². The van der Waals surface area contributed by atoms with Crippen LogP contribution in [-0.2, 0) is 4.79 Å². The maximum Gasteiger partial charge on any atom is 0.225 e. The molecule has 1 aromatic rings. The van der Waals surface area contributed by atoms with E-state index in [1.807, 2.05) is 4.90 Å². The van der Waals surface area contributed by atoms with Crippen LogP contribution in [0.2, 0.25) is 5.02 Å². The van der Waals surface area contributed by atoms with E-state index in [4.69, 9.17) is 11.6 Å². The summed E-state index contributed by atoms with van der Waals surface area (Å²) in [5.41, 5.74) is 0.757. The normalized spacial score (nSPS) is 26.5. The van der Waals surface area contributed by atoms with E-state index >= 15 is 0 Å². The molecule has 1 amide bonds. The molecule has 3 rings (SSSR count). The standard InChI is InChI=1S/C17H22ClNO2/c18-14-8-6-13(7-9-14)16(20)11-17(21)19-10-2-4-12-3-1-5-15(12)19/h6-9,12,15-16,20H,1-5,10-11H2. The van der Waals surface area contributed by atoms with Crippen molar-refractivity contribution in [2.75, 3.05) is 6.54 Å². The molecule has 1 saturated heterocycles. The molecule has 2 aliphatic rings. The van der Waals surface area contributed by atoms with Crippen molar-refractivity contribution in [3.8, 4) is 0 Å². The molecule has 1 heterocycles. The van der Waals surface area contributed by atoms with Gasteiger partial charge < -0.3 is 10.0 Å². The predicted molar refractivity (Wildman–Crippen MR) is 83.1 cm³/mol. The molecule has 0 radical (unpaired) electrons. The summed E-state index contributed by atoms with van der Waals surface area (Å²) in [7, 11) is 0. The number of likely N-dealkylation sites (tertiary alicyclic amines) is 1. The Labute approximate surface area is 130 Å². The Hall–Kier alpha value is -1.06. The fourth-order valence-corrected chi connectivity index (χ4v) is 3.98. The van der Waals surface area contributed by atoms with Crippen molar-refractivity contribution in [2.24, 2.45) is 5.92 Å². The van der Waals surface area contributed by atoms with Crippen molar-refractivity contribution >= 4 is 17.5 Å². The highest BCUT2D eigenvalue weighted by atomic mass is 35.5. The van der Waals surface area contributed by atoms with Gasteiger partial charge in [0, 0.05) is 17.6 Å². The monoisotopic (exact) mass is 307 g/mol. The van der Waals surface area contributed by atoms with E-state index in [1.165, 1.54) is 19.3 Å². The highest BCUT2D eigenvalue weighted by molar-refractivity contribution is 6.30. The molecule has 1 N–H and O–H groups in total. The van der Waals surface area contributed by atoms with Crippen LogP contribution in [0.5, 0.6) is 0 Å². The van der Waals surface area contributed by atoms with Gasteiger partial charge in [-0.2, -0.15) is 0 Å². The quantitative estimate of drug-likeness (QED) is 0.927. The lowest BCUT2D eigenvalue weighted by atomic mass is 9.91. The van der Waals surface area contributed by atoms with Crippen molar-refractivity contribution in [1.29, 1.82) is 0 Å². The van der Waals surface area contributed by atoms with E-state index in [1.54, 1.807) is 24.3 Å². The van der Waals surface area contributed by atoms with E-state index in [9.17, 15) is 9.90 Å². The van der Waals surface area contributed by atoms with E-state index < -0.39 is 6.10 Å². The molecule has 21 heavy (non-hydrogen) atoms. The third kappa shape index (κ3) is 3.24. The van der Waals surface area contributed by atoms with Gasteiger partial charge in [-0.15, -0.1) is 0 Å². The van der Waals surface area contributed by atoms with E-state index in [2.05, 4.69) is 0 Å². The largest absolute Gasteiger partial charge is 0.388 e. The second kappa shape index (κ2) is 6.37. The number of piperidine rings is 1. The number of nitrogens with zero attached hydrogens (tertiary/aromatic N) is 1. The zero-order chi connectivity index (χ0) is 14.8. The first kappa shape index (κ1) is 14.9. The summed E-state index contributed by atoms with van der Waals surface area (Å²) in [6.45, 7) is 0.855. The maximum absolute atomic E-state index is 12.5. The van der Waals surface area contributed by atoms with Crippen molar-refractivity contribution in [1.82, 2.24) is 4.90 Å². The van der Waals surface area contributed by atoms with Gasteiger partial charge in [0.15, 0.2) is 0 Å². The summed E-state index contributed by atoms with van der Waals surface area (Å²) in [5.74, 6) is 0.782. The average Bonchev–Trinajstić information content (AvgIpc) is 2.96. The van der Waals surface area contributed by atoms with Gasteiger partial charge in [0.2, 0.25) is 5.91 Å². The van der Waals surface area contributed by atoms with Crippen molar-refractivity contribution in [2.45, 2.75) is 50.7 Å². The molecule has 0 bridgehead atoms. The van der Waals surface area contributed by atoms with Gasteiger partial charge in [-0.1, -0.05) is 30.2 Å². The zero-order valence-corrected chi connectivity index (χ0v) is 12.9. The van der Waals surface area contributed by atoms with Crippen molar-refractivity contribution in [3.05, 3.63) is 34.9 Å². The summed E-state index contributed by atoms with van der Waals surface area (Å²) in [6.07, 6.45) is 5.42. The molecule has 1 saturated carbocycles. The summed E-state index contributed by atoms with van der Waals surface area (Å²) in [4.78, 5) is 14.6. The van der Waals surface area contributed by atoms with Crippen LogP contribution < -0.4 is 0 Å². The Morgan fingerprint density at radius 3 is 2.71 bits per heavy atom. The minimum absolute atomic E-state index is 0.0917. The molecule has 3 nitrogen and oxygen atoms in total. The third-order valence-electron chi connectivity index (χ3n) is 4.94. The van der Waals surface area contributed by atoms with Gasteiger partial charge in [0.25, 0.3) is 0 Å². The summed E-state index contributed by atoms with van der Waals surface area (Å²) in [5, 5.41) is 10.9. The molecule has 4 heteroatoms. The van der Waals surface area contributed by atoms with Gasteiger partial charge in [-0.05, 0) is 49.3 Å². The lowest BCUT2D eigenvalue weighted by Crippen LogP contribution is -2.46. The van der Waals surface area contributed by atoms with Crippen LogP contribution in [0.15, 0.2) is 24.3 Å². The number of aliphatic hydroxyl groups is 1. The molecule has 0 aromatic heterocycles. The number of carbonyl (C=O) groups is 1. The minimum Gasteiger partial charge on any atom is -0.388 e. The fourth-order valence-electron chi connectivity index (χ4n) is 3.85. The molecular weight excluding hydrogens is 286 g/mol. The van der Waals surface area contributed by atoms with Crippen LogP contribution in [-0.4, -0.2) is 28.5 Å². The number of aliphatic hydroxyl groups excluding tert-OH is 1. The average molecular weight is 308 g/mol. The van der Waals surface area contributed by atoms with Crippen molar-refractivity contribution < 1.29 is 9.90 Å². The van der Waals surface area contributed by atoms with Gasteiger partial charge in [0.05, 0.1) is 12.5 Å². The van der Waals surface area contributed by atoms with E-state index in [-0.39, 0.29) is 12.3 Å². The smallest absolute Gasteiger partial charge is 0.225 e. The van der Waals surface area contributed by atoms with Gasteiger partial charge in [-0.25, -0.2) is 0 Å². The first-order valence-corrected chi connectivity index (χ1v) is 8.26. The Balaban J connectivity index is 1.64. The number of rotatable bonds is 3. The number of hydrogen-bond acceptors (Lipinski definition) is 2. The predicted octanol–water partition coefficient (Wildman–Crippen LogP) is 3.55. The second-order valence-corrected chi connectivity index (χ2v) is 6.70. The molecule has 114 valence electrons. The minimum atomic E-state index is -0.739. The molecule has 2 fully saturated rings. The Morgan fingerprint density at radius 1 is 1.24 bits per heavy atom.